The van der Waals surface area contributed by atoms with Gasteiger partial charge in [-0.05, 0) is 74.1 Å². The fraction of sp³-hybridized carbons (Fsp3) is 0.350. The Morgan fingerprint density at radius 1 is 1.12 bits per heavy atom. The summed E-state index contributed by atoms with van der Waals surface area (Å²) >= 11 is 6.28. The van der Waals surface area contributed by atoms with E-state index < -0.39 is 0 Å². The maximum Gasteiger partial charge on any atom is 0.129 e. The van der Waals surface area contributed by atoms with Gasteiger partial charge in [-0.2, -0.15) is 0 Å². The van der Waals surface area contributed by atoms with Gasteiger partial charge in [0.1, 0.15) is 5.82 Å². The van der Waals surface area contributed by atoms with Crippen LogP contribution in [-0.2, 0) is 6.42 Å². The molecule has 0 heterocycles. The van der Waals surface area contributed by atoms with Crippen LogP contribution in [0.1, 0.15) is 34.7 Å². The summed E-state index contributed by atoms with van der Waals surface area (Å²) in [6, 6.07) is 7.64. The fourth-order valence-electron chi connectivity index (χ4n) is 2.64. The molecule has 0 fully saturated rings. The quantitative estimate of drug-likeness (QED) is 0.507. The number of rotatable bonds is 5. The number of benzene rings is 2. The Balaban J connectivity index is 2.37. The topological polar surface area (TPSA) is 15.6 Å². The van der Waals surface area contributed by atoms with Gasteiger partial charge in [-0.3, -0.25) is 0 Å². The van der Waals surface area contributed by atoms with Gasteiger partial charge in [0, 0.05) is 18.6 Å². The van der Waals surface area contributed by atoms with E-state index in [2.05, 4.69) is 11.9 Å². The summed E-state index contributed by atoms with van der Waals surface area (Å²) in [6.07, 6.45) is 2.52. The first-order valence-corrected chi connectivity index (χ1v) is 8.48. The van der Waals surface area contributed by atoms with E-state index >= 15 is 0 Å². The summed E-state index contributed by atoms with van der Waals surface area (Å²) in [5, 5.41) is 0.664. The van der Waals surface area contributed by atoms with Gasteiger partial charge in [0.15, 0.2) is 0 Å². The van der Waals surface area contributed by atoms with Crippen LogP contribution in [0.5, 0.6) is 0 Å². The molecule has 2 nitrogen and oxygen atoms in total. The molecule has 0 N–H and O–H groups in total. The van der Waals surface area contributed by atoms with Crippen LogP contribution in [0.15, 0.2) is 29.3 Å². The number of aliphatic imine (C=N–C) groups is 1. The fourth-order valence-corrected chi connectivity index (χ4v) is 2.87. The molecule has 0 radical (unpaired) electrons. The Morgan fingerprint density at radius 2 is 1.75 bits per heavy atom. The number of hydrogen-bond acceptors (Lipinski definition) is 1. The van der Waals surface area contributed by atoms with E-state index in [9.17, 15) is 4.39 Å². The minimum atomic E-state index is -0.130. The standard InChI is InChI=1S/C20H24ClFN2/c1-6-24(5)12-23-19-11-18(21)10-17(15(19)4)9-16-7-13(2)20(22)14(3)8-16/h7-8,10-12H,6,9H2,1-5H3/b23-12-. The van der Waals surface area contributed by atoms with Crippen LogP contribution >= 0.6 is 11.6 Å². The smallest absolute Gasteiger partial charge is 0.129 e. The lowest BCUT2D eigenvalue weighted by molar-refractivity contribution is 0.552. The SMILES string of the molecule is CCN(C)/C=N\c1cc(Cl)cc(Cc2cc(C)c(F)c(C)c2)c1C. The van der Waals surface area contributed by atoms with Crippen molar-refractivity contribution in [2.24, 2.45) is 4.99 Å². The van der Waals surface area contributed by atoms with E-state index in [4.69, 9.17) is 11.6 Å². The van der Waals surface area contributed by atoms with Crippen LogP contribution in [0.25, 0.3) is 0 Å². The predicted molar refractivity (Wildman–Crippen MR) is 101 cm³/mol. The zero-order valence-electron chi connectivity index (χ0n) is 15.0. The molecule has 0 saturated heterocycles. The minimum absolute atomic E-state index is 0.130. The second-order valence-electron chi connectivity index (χ2n) is 6.25. The van der Waals surface area contributed by atoms with Crippen molar-refractivity contribution < 1.29 is 4.39 Å². The molecule has 0 aromatic heterocycles. The Kier molecular flexibility index (Phi) is 6.00. The van der Waals surface area contributed by atoms with Crippen LogP contribution in [0.2, 0.25) is 5.02 Å². The molecule has 128 valence electrons. The van der Waals surface area contributed by atoms with Gasteiger partial charge in [-0.1, -0.05) is 23.7 Å². The van der Waals surface area contributed by atoms with E-state index in [1.807, 2.05) is 49.5 Å². The highest BCUT2D eigenvalue weighted by atomic mass is 35.5. The van der Waals surface area contributed by atoms with Gasteiger partial charge in [0.2, 0.25) is 0 Å². The molecule has 0 aliphatic rings. The molecule has 4 heteroatoms. The summed E-state index contributed by atoms with van der Waals surface area (Å²) in [4.78, 5) is 6.55. The normalized spacial score (nSPS) is 11.3. The molecule has 0 unspecified atom stereocenters. The van der Waals surface area contributed by atoms with Crippen LogP contribution in [0.4, 0.5) is 10.1 Å². The number of aryl methyl sites for hydroxylation is 2. The first-order chi connectivity index (χ1) is 11.3. The lowest BCUT2D eigenvalue weighted by Gasteiger charge is -2.13. The Hall–Kier alpha value is -1.87. The zero-order chi connectivity index (χ0) is 17.9. The molecular formula is C20H24ClFN2. The van der Waals surface area contributed by atoms with Crippen LogP contribution in [0, 0.1) is 26.6 Å². The number of halogens is 2. The van der Waals surface area contributed by atoms with Gasteiger partial charge in [-0.15, -0.1) is 0 Å². The third kappa shape index (κ3) is 4.35. The Morgan fingerprint density at radius 3 is 2.33 bits per heavy atom. The summed E-state index contributed by atoms with van der Waals surface area (Å²) in [6.45, 7) is 8.61. The number of hydrogen-bond donors (Lipinski definition) is 0. The average Bonchev–Trinajstić information content (AvgIpc) is 2.53. The van der Waals surface area contributed by atoms with Gasteiger partial charge in [0.25, 0.3) is 0 Å². The van der Waals surface area contributed by atoms with E-state index in [0.717, 1.165) is 28.9 Å². The van der Waals surface area contributed by atoms with Crippen molar-refractivity contribution >= 4 is 23.6 Å². The van der Waals surface area contributed by atoms with Crippen LogP contribution in [-0.4, -0.2) is 24.8 Å². The number of nitrogens with zero attached hydrogens (tertiary/aromatic N) is 2. The van der Waals surface area contributed by atoms with E-state index in [-0.39, 0.29) is 5.82 Å². The zero-order valence-corrected chi connectivity index (χ0v) is 15.7. The third-order valence-corrected chi connectivity index (χ3v) is 4.45. The van der Waals surface area contributed by atoms with E-state index in [1.165, 1.54) is 0 Å². The summed E-state index contributed by atoms with van der Waals surface area (Å²) in [7, 11) is 1.98. The molecule has 0 aliphatic carbocycles. The van der Waals surface area contributed by atoms with Crippen molar-refractivity contribution in [1.29, 1.82) is 0 Å². The van der Waals surface area contributed by atoms with Crippen LogP contribution < -0.4 is 0 Å². The lowest BCUT2D eigenvalue weighted by Crippen LogP contribution is -2.14. The maximum atomic E-state index is 13.8. The molecule has 24 heavy (non-hydrogen) atoms. The van der Waals surface area contributed by atoms with Crippen LogP contribution in [0.3, 0.4) is 0 Å². The van der Waals surface area contributed by atoms with Crippen molar-refractivity contribution in [2.75, 3.05) is 13.6 Å². The van der Waals surface area contributed by atoms with Crippen molar-refractivity contribution in [3.63, 3.8) is 0 Å². The summed E-state index contributed by atoms with van der Waals surface area (Å²) in [5.41, 5.74) is 5.50. The molecule has 2 rings (SSSR count). The minimum Gasteiger partial charge on any atom is -0.366 e. The van der Waals surface area contributed by atoms with Gasteiger partial charge >= 0.3 is 0 Å². The van der Waals surface area contributed by atoms with Gasteiger partial charge in [-0.25, -0.2) is 9.38 Å². The molecule has 0 amide bonds. The molecule has 0 bridgehead atoms. The molecule has 0 atom stereocenters. The van der Waals surface area contributed by atoms with E-state index in [1.54, 1.807) is 13.8 Å². The van der Waals surface area contributed by atoms with Crippen molar-refractivity contribution in [3.8, 4) is 0 Å². The highest BCUT2D eigenvalue weighted by molar-refractivity contribution is 6.31. The van der Waals surface area contributed by atoms with E-state index in [0.29, 0.717) is 22.6 Å². The maximum absolute atomic E-state index is 13.8. The summed E-state index contributed by atoms with van der Waals surface area (Å²) in [5.74, 6) is -0.130. The van der Waals surface area contributed by atoms with Gasteiger partial charge < -0.3 is 4.90 Å². The average molecular weight is 347 g/mol. The largest absolute Gasteiger partial charge is 0.366 e. The molecule has 2 aromatic rings. The van der Waals surface area contributed by atoms with Crippen molar-refractivity contribution in [1.82, 2.24) is 4.90 Å². The monoisotopic (exact) mass is 346 g/mol. The summed E-state index contributed by atoms with van der Waals surface area (Å²) < 4.78 is 13.8. The predicted octanol–water partition coefficient (Wildman–Crippen LogP) is 5.61. The highest BCUT2D eigenvalue weighted by Crippen LogP contribution is 2.29. The molecule has 0 spiro atoms. The molecule has 2 aromatic carbocycles. The van der Waals surface area contributed by atoms with Gasteiger partial charge in [0.05, 0.1) is 12.0 Å². The lowest BCUT2D eigenvalue weighted by atomic mass is 9.96. The Labute approximate surface area is 149 Å². The third-order valence-electron chi connectivity index (χ3n) is 4.24. The highest BCUT2D eigenvalue weighted by Gasteiger charge is 2.10. The second kappa shape index (κ2) is 7.80. The second-order valence-corrected chi connectivity index (χ2v) is 6.68. The van der Waals surface area contributed by atoms with Crippen molar-refractivity contribution in [2.45, 2.75) is 34.1 Å². The van der Waals surface area contributed by atoms with Crippen molar-refractivity contribution in [3.05, 3.63) is 62.9 Å². The molecule has 0 aliphatic heterocycles. The first-order valence-electron chi connectivity index (χ1n) is 8.11. The Bertz CT molecular complexity index is 745. The molecular weight excluding hydrogens is 323 g/mol. The first kappa shape index (κ1) is 18.5. The molecule has 0 saturated carbocycles.